The topological polar surface area (TPSA) is 0 Å². The predicted molar refractivity (Wildman–Crippen MR) is 168 cm³/mol. The molecule has 0 aliphatic rings. The average molecular weight is 503 g/mol. The van der Waals surface area contributed by atoms with Crippen LogP contribution in [0, 0.1) is 12.8 Å². The van der Waals surface area contributed by atoms with Gasteiger partial charge in [0.25, 0.3) is 0 Å². The molecule has 196 valence electrons. The maximum Gasteiger partial charge on any atom is 0.0378 e. The number of allylic oxidation sites excluding steroid dienone is 8. The van der Waals surface area contributed by atoms with Crippen molar-refractivity contribution in [2.45, 2.75) is 106 Å². The Kier molecular flexibility index (Phi) is 13.3. The predicted octanol–water partition coefficient (Wildman–Crippen LogP) is 12.3. The van der Waals surface area contributed by atoms with E-state index in [1.54, 1.807) is 0 Å². The minimum atomic E-state index is 0.869. The van der Waals surface area contributed by atoms with E-state index in [2.05, 4.69) is 104 Å². The Hall–Kier alpha value is -2.12. The van der Waals surface area contributed by atoms with E-state index in [1.807, 2.05) is 11.3 Å². The molecule has 2 aromatic rings. The van der Waals surface area contributed by atoms with Crippen molar-refractivity contribution < 1.29 is 0 Å². The highest BCUT2D eigenvalue weighted by Crippen LogP contribution is 2.37. The maximum atomic E-state index is 4.51. The van der Waals surface area contributed by atoms with Crippen molar-refractivity contribution in [3.05, 3.63) is 81.8 Å². The molecule has 0 nitrogen and oxygen atoms in total. The Bertz CT molecular complexity index is 1100. The molecule has 1 heterocycles. The summed E-state index contributed by atoms with van der Waals surface area (Å²) >= 11 is 1.87. The zero-order valence-electron chi connectivity index (χ0n) is 24.2. The molecule has 0 spiro atoms. The molecule has 0 bridgehead atoms. The van der Waals surface area contributed by atoms with Crippen molar-refractivity contribution in [2.24, 2.45) is 5.92 Å². The third-order valence-electron chi connectivity index (χ3n) is 7.17. The van der Waals surface area contributed by atoms with Gasteiger partial charge >= 0.3 is 0 Å². The highest BCUT2D eigenvalue weighted by atomic mass is 32.1. The molecule has 0 radical (unpaired) electrons. The van der Waals surface area contributed by atoms with Crippen LogP contribution in [0.3, 0.4) is 0 Å². The van der Waals surface area contributed by atoms with Crippen LogP contribution in [-0.2, 0) is 0 Å². The Morgan fingerprint density at radius 2 is 1.83 bits per heavy atom. The zero-order valence-corrected chi connectivity index (χ0v) is 25.0. The molecular weight excluding hydrogens is 452 g/mol. The monoisotopic (exact) mass is 502 g/mol. The minimum absolute atomic E-state index is 0.869. The van der Waals surface area contributed by atoms with Gasteiger partial charge in [0.2, 0.25) is 0 Å². The minimum Gasteiger partial charge on any atom is -0.135 e. The molecule has 36 heavy (non-hydrogen) atoms. The first-order valence-corrected chi connectivity index (χ1v) is 15.1. The summed E-state index contributed by atoms with van der Waals surface area (Å²) in [5.74, 6) is 0.869. The van der Waals surface area contributed by atoms with Crippen molar-refractivity contribution in [1.29, 1.82) is 0 Å². The Balaban J connectivity index is 2.29. The molecule has 0 N–H and O–H groups in total. The van der Waals surface area contributed by atoms with Crippen LogP contribution in [0.1, 0.15) is 115 Å². The first-order chi connectivity index (χ1) is 17.4. The normalized spacial score (nSPS) is 14.2. The van der Waals surface area contributed by atoms with Crippen molar-refractivity contribution in [2.75, 3.05) is 0 Å². The molecule has 0 saturated carbocycles. The van der Waals surface area contributed by atoms with Gasteiger partial charge in [0.15, 0.2) is 0 Å². The number of unbranched alkanes of at least 4 members (excludes halogenated alkanes) is 1. The second-order valence-corrected chi connectivity index (χ2v) is 11.3. The average Bonchev–Trinajstić information content (AvgIpc) is 3.19. The molecule has 0 amide bonds. The number of rotatable bonds is 15. The molecule has 0 aliphatic heterocycles. The van der Waals surface area contributed by atoms with Gasteiger partial charge in [0.05, 0.1) is 0 Å². The molecular formula is C35H50S. The number of benzene rings is 1. The molecule has 0 fully saturated rings. The molecule has 1 heteroatoms. The van der Waals surface area contributed by atoms with Gasteiger partial charge < -0.3 is 0 Å². The van der Waals surface area contributed by atoms with Crippen LogP contribution in [0.5, 0.6) is 0 Å². The lowest BCUT2D eigenvalue weighted by atomic mass is 9.92. The van der Waals surface area contributed by atoms with Gasteiger partial charge in [-0.1, -0.05) is 102 Å². The van der Waals surface area contributed by atoms with Crippen molar-refractivity contribution in [1.82, 2.24) is 0 Å². The smallest absolute Gasteiger partial charge is 0.0378 e. The van der Waals surface area contributed by atoms with Gasteiger partial charge in [-0.3, -0.25) is 0 Å². The second-order valence-electron chi connectivity index (χ2n) is 10.3. The van der Waals surface area contributed by atoms with E-state index >= 15 is 0 Å². The van der Waals surface area contributed by atoms with Crippen molar-refractivity contribution >= 4 is 33.1 Å². The molecule has 0 aliphatic carbocycles. The summed E-state index contributed by atoms with van der Waals surface area (Å²) < 4.78 is 1.35. The zero-order chi connectivity index (χ0) is 26.5. The van der Waals surface area contributed by atoms with Gasteiger partial charge in [-0.2, -0.15) is 0 Å². The fourth-order valence-electron chi connectivity index (χ4n) is 5.03. The van der Waals surface area contributed by atoms with Crippen molar-refractivity contribution in [3.63, 3.8) is 0 Å². The fraction of sp³-hybridized carbons (Fsp3) is 0.486. The highest BCUT2D eigenvalue weighted by molar-refractivity contribution is 7.20. The molecule has 0 saturated heterocycles. The van der Waals surface area contributed by atoms with E-state index in [0.29, 0.717) is 0 Å². The van der Waals surface area contributed by atoms with E-state index in [4.69, 9.17) is 0 Å². The lowest BCUT2D eigenvalue weighted by Crippen LogP contribution is -1.99. The van der Waals surface area contributed by atoms with Gasteiger partial charge in [0.1, 0.15) is 0 Å². The van der Waals surface area contributed by atoms with Crippen LogP contribution < -0.4 is 0 Å². The Morgan fingerprint density at radius 3 is 2.47 bits per heavy atom. The number of thiophene rings is 1. The van der Waals surface area contributed by atoms with Crippen LogP contribution in [0.4, 0.5) is 0 Å². The third kappa shape index (κ3) is 8.77. The van der Waals surface area contributed by atoms with E-state index in [-0.39, 0.29) is 0 Å². The molecule has 1 unspecified atom stereocenters. The van der Waals surface area contributed by atoms with E-state index in [9.17, 15) is 0 Å². The van der Waals surface area contributed by atoms with Gasteiger partial charge in [-0.05, 0) is 104 Å². The van der Waals surface area contributed by atoms with Gasteiger partial charge in [-0.15, -0.1) is 11.3 Å². The van der Waals surface area contributed by atoms with Crippen LogP contribution >= 0.6 is 11.3 Å². The second kappa shape index (κ2) is 15.9. The van der Waals surface area contributed by atoms with Crippen LogP contribution in [0.25, 0.3) is 21.7 Å². The maximum absolute atomic E-state index is 4.51. The highest BCUT2D eigenvalue weighted by Gasteiger charge is 2.12. The largest absolute Gasteiger partial charge is 0.135 e. The summed E-state index contributed by atoms with van der Waals surface area (Å²) in [6.45, 7) is 20.3. The van der Waals surface area contributed by atoms with Crippen LogP contribution in [-0.4, -0.2) is 0 Å². The van der Waals surface area contributed by atoms with E-state index < -0.39 is 0 Å². The quantitative estimate of drug-likeness (QED) is 0.212. The Morgan fingerprint density at radius 1 is 1.06 bits per heavy atom. The van der Waals surface area contributed by atoms with E-state index in [0.717, 1.165) is 30.8 Å². The number of fused-ring (bicyclic) bond motifs is 1. The lowest BCUT2D eigenvalue weighted by Gasteiger charge is -2.14. The first kappa shape index (κ1) is 30.1. The summed E-state index contributed by atoms with van der Waals surface area (Å²) in [5, 5.41) is 1.37. The number of aryl methyl sites for hydroxylation is 1. The summed E-state index contributed by atoms with van der Waals surface area (Å²) in [5.41, 5.74) is 8.01. The van der Waals surface area contributed by atoms with Crippen LogP contribution in [0.2, 0.25) is 0 Å². The molecule has 1 aromatic carbocycles. The first-order valence-electron chi connectivity index (χ1n) is 14.3. The number of hydrogen-bond acceptors (Lipinski definition) is 1. The SMILES string of the molecule is C=C(/C=C(/C=C\C)C(=C/CC)\CCC)c1sc2ccc(/C=C(\C)CCC(CC)CCCC)cc2c1C. The Labute approximate surface area is 226 Å². The fourth-order valence-corrected chi connectivity index (χ4v) is 6.16. The standard InChI is InChI=1S/C35H50S/c1-9-14-18-29(13-5)20-19-26(6)23-30-21-22-34-33(25-30)28(8)35(36-34)27(7)24-32(17-12-4)31(15-10-2)16-11-3/h12,15,17,21-25,29H,7,9-11,13-14,16,18-20H2,1-6,8H3/b17-12-,26-23+,31-15-,32-24-. The summed E-state index contributed by atoms with van der Waals surface area (Å²) in [4.78, 5) is 1.30. The van der Waals surface area contributed by atoms with Gasteiger partial charge in [-0.25, -0.2) is 0 Å². The summed E-state index contributed by atoms with van der Waals surface area (Å²) in [6, 6.07) is 6.97. The molecule has 1 aromatic heterocycles. The number of hydrogen-bond donors (Lipinski definition) is 0. The van der Waals surface area contributed by atoms with Crippen LogP contribution in [0.15, 0.2) is 65.8 Å². The van der Waals surface area contributed by atoms with Crippen molar-refractivity contribution in [3.8, 4) is 0 Å². The third-order valence-corrected chi connectivity index (χ3v) is 8.52. The molecule has 1 atom stereocenters. The van der Waals surface area contributed by atoms with E-state index in [1.165, 1.54) is 81.3 Å². The molecule has 2 rings (SSSR count). The van der Waals surface area contributed by atoms with Gasteiger partial charge in [0, 0.05) is 9.58 Å². The lowest BCUT2D eigenvalue weighted by molar-refractivity contribution is 0.421. The summed E-state index contributed by atoms with van der Waals surface area (Å²) in [6.07, 6.45) is 22.6. The summed E-state index contributed by atoms with van der Waals surface area (Å²) in [7, 11) is 0.